The van der Waals surface area contributed by atoms with Crippen LogP contribution in [0.3, 0.4) is 0 Å². The summed E-state index contributed by atoms with van der Waals surface area (Å²) in [5.41, 5.74) is 1.05. The predicted molar refractivity (Wildman–Crippen MR) is 92.7 cm³/mol. The molecule has 2 aromatic carbocycles. The zero-order chi connectivity index (χ0) is 16.9. The molecule has 4 nitrogen and oxygen atoms in total. The molecule has 0 amide bonds. The summed E-state index contributed by atoms with van der Waals surface area (Å²) in [6.45, 7) is 0.266. The first-order valence-corrected chi connectivity index (χ1v) is 8.62. The molecule has 0 unspecified atom stereocenters. The second-order valence-electron chi connectivity index (χ2n) is 5.08. The van der Waals surface area contributed by atoms with Crippen molar-refractivity contribution in [3.05, 3.63) is 70.8 Å². The van der Waals surface area contributed by atoms with Gasteiger partial charge in [-0.15, -0.1) is 10.2 Å². The van der Waals surface area contributed by atoms with Gasteiger partial charge in [-0.05, 0) is 35.9 Å². The summed E-state index contributed by atoms with van der Waals surface area (Å²) >= 11 is 7.72. The van der Waals surface area contributed by atoms with Crippen LogP contribution in [0.4, 0.5) is 4.39 Å². The van der Waals surface area contributed by atoms with Crippen LogP contribution in [-0.4, -0.2) is 14.8 Å². The van der Waals surface area contributed by atoms with E-state index in [9.17, 15) is 4.39 Å². The van der Waals surface area contributed by atoms with E-state index >= 15 is 0 Å². The standard InChI is InChI=1S/C17H15ClFN3OS/c1-22-16(10-23-14-8-6-13(19)7-9-14)20-21-17(22)24-11-12-4-2-3-5-15(12)18/h2-9H,10-11H2,1H3. The van der Waals surface area contributed by atoms with E-state index in [1.165, 1.54) is 12.1 Å². The maximum absolute atomic E-state index is 12.9. The Balaban J connectivity index is 1.61. The van der Waals surface area contributed by atoms with Crippen LogP contribution < -0.4 is 4.74 Å². The number of halogens is 2. The van der Waals surface area contributed by atoms with Crippen molar-refractivity contribution in [2.45, 2.75) is 17.5 Å². The molecule has 1 aromatic heterocycles. The fraction of sp³-hybridized carbons (Fsp3) is 0.176. The minimum Gasteiger partial charge on any atom is -0.486 e. The molecule has 3 aromatic rings. The third-order valence-electron chi connectivity index (χ3n) is 3.42. The molecular weight excluding hydrogens is 349 g/mol. The fourth-order valence-electron chi connectivity index (χ4n) is 2.03. The molecule has 7 heteroatoms. The summed E-state index contributed by atoms with van der Waals surface area (Å²) in [5.74, 6) is 1.70. The smallest absolute Gasteiger partial charge is 0.191 e. The van der Waals surface area contributed by atoms with Crippen molar-refractivity contribution in [2.24, 2.45) is 7.05 Å². The molecule has 0 spiro atoms. The van der Waals surface area contributed by atoms with Gasteiger partial charge in [0.1, 0.15) is 18.2 Å². The van der Waals surface area contributed by atoms with Crippen molar-refractivity contribution in [2.75, 3.05) is 0 Å². The van der Waals surface area contributed by atoms with Crippen LogP contribution in [0.25, 0.3) is 0 Å². The quantitative estimate of drug-likeness (QED) is 0.605. The van der Waals surface area contributed by atoms with Crippen molar-refractivity contribution in [1.29, 1.82) is 0 Å². The monoisotopic (exact) mass is 363 g/mol. The molecule has 0 atom stereocenters. The summed E-state index contributed by atoms with van der Waals surface area (Å²) in [6.07, 6.45) is 0. The van der Waals surface area contributed by atoms with Crippen molar-refractivity contribution in [3.8, 4) is 5.75 Å². The fourth-order valence-corrected chi connectivity index (χ4v) is 3.25. The molecule has 0 aliphatic carbocycles. The number of rotatable bonds is 6. The van der Waals surface area contributed by atoms with Crippen molar-refractivity contribution in [3.63, 3.8) is 0 Å². The number of ether oxygens (including phenoxy) is 1. The second-order valence-corrected chi connectivity index (χ2v) is 6.43. The van der Waals surface area contributed by atoms with Crippen molar-refractivity contribution >= 4 is 23.4 Å². The Morgan fingerprint density at radius 1 is 1.12 bits per heavy atom. The normalized spacial score (nSPS) is 10.8. The summed E-state index contributed by atoms with van der Waals surface area (Å²) in [7, 11) is 1.89. The van der Waals surface area contributed by atoms with E-state index in [1.54, 1.807) is 23.9 Å². The Bertz CT molecular complexity index is 823. The molecule has 124 valence electrons. The summed E-state index contributed by atoms with van der Waals surface area (Å²) in [5, 5.41) is 9.85. The molecule has 24 heavy (non-hydrogen) atoms. The number of aromatic nitrogens is 3. The van der Waals surface area contributed by atoms with E-state index in [2.05, 4.69) is 10.2 Å². The SMILES string of the molecule is Cn1c(COc2ccc(F)cc2)nnc1SCc1ccccc1Cl. The Morgan fingerprint density at radius 3 is 2.62 bits per heavy atom. The lowest BCUT2D eigenvalue weighted by molar-refractivity contribution is 0.290. The van der Waals surface area contributed by atoms with Crippen LogP contribution in [0.2, 0.25) is 5.02 Å². The summed E-state index contributed by atoms with van der Waals surface area (Å²) in [4.78, 5) is 0. The van der Waals surface area contributed by atoms with Crippen LogP contribution >= 0.6 is 23.4 Å². The molecule has 0 saturated heterocycles. The van der Waals surface area contributed by atoms with Crippen LogP contribution in [-0.2, 0) is 19.4 Å². The maximum atomic E-state index is 12.9. The van der Waals surface area contributed by atoms with Gasteiger partial charge in [0.25, 0.3) is 0 Å². The van der Waals surface area contributed by atoms with E-state index in [0.29, 0.717) is 17.3 Å². The lowest BCUT2D eigenvalue weighted by Gasteiger charge is -2.07. The minimum atomic E-state index is -0.292. The molecule has 0 aliphatic rings. The average molecular weight is 364 g/mol. The molecule has 3 rings (SSSR count). The number of hydrogen-bond acceptors (Lipinski definition) is 4. The summed E-state index contributed by atoms with van der Waals surface area (Å²) in [6, 6.07) is 13.6. The summed E-state index contributed by atoms with van der Waals surface area (Å²) < 4.78 is 20.4. The van der Waals surface area contributed by atoms with Crippen LogP contribution in [0, 0.1) is 5.82 Å². The minimum absolute atomic E-state index is 0.266. The van der Waals surface area contributed by atoms with Gasteiger partial charge in [0.2, 0.25) is 0 Å². The van der Waals surface area contributed by atoms with Gasteiger partial charge in [-0.2, -0.15) is 0 Å². The zero-order valence-corrected chi connectivity index (χ0v) is 14.5. The number of nitrogens with zero attached hydrogens (tertiary/aromatic N) is 3. The van der Waals surface area contributed by atoms with Gasteiger partial charge in [0.15, 0.2) is 11.0 Å². The highest BCUT2D eigenvalue weighted by Crippen LogP contribution is 2.25. The van der Waals surface area contributed by atoms with Crippen LogP contribution in [0.15, 0.2) is 53.7 Å². The first kappa shape index (κ1) is 16.8. The van der Waals surface area contributed by atoms with E-state index in [0.717, 1.165) is 15.7 Å². The number of benzene rings is 2. The molecule has 0 saturated carbocycles. The third kappa shape index (κ3) is 4.07. The van der Waals surface area contributed by atoms with E-state index in [-0.39, 0.29) is 12.4 Å². The first-order valence-electron chi connectivity index (χ1n) is 7.26. The van der Waals surface area contributed by atoms with Crippen molar-refractivity contribution < 1.29 is 9.13 Å². The molecule has 1 heterocycles. The topological polar surface area (TPSA) is 39.9 Å². The number of thioether (sulfide) groups is 1. The molecule has 0 fully saturated rings. The average Bonchev–Trinajstić information content (AvgIpc) is 2.94. The first-order chi connectivity index (χ1) is 11.6. The van der Waals surface area contributed by atoms with Gasteiger partial charge in [-0.3, -0.25) is 0 Å². The van der Waals surface area contributed by atoms with Crippen LogP contribution in [0.5, 0.6) is 5.75 Å². The lowest BCUT2D eigenvalue weighted by Crippen LogP contribution is -2.04. The van der Waals surface area contributed by atoms with E-state index < -0.39 is 0 Å². The Hall–Kier alpha value is -2.05. The van der Waals surface area contributed by atoms with Gasteiger partial charge in [-0.25, -0.2) is 4.39 Å². The lowest BCUT2D eigenvalue weighted by atomic mass is 10.2. The zero-order valence-electron chi connectivity index (χ0n) is 12.9. The predicted octanol–water partition coefficient (Wildman–Crippen LogP) is 4.48. The largest absolute Gasteiger partial charge is 0.486 e. The van der Waals surface area contributed by atoms with Gasteiger partial charge in [0.05, 0.1) is 0 Å². The highest BCUT2D eigenvalue weighted by Gasteiger charge is 2.11. The maximum Gasteiger partial charge on any atom is 0.191 e. The van der Waals surface area contributed by atoms with Gasteiger partial charge >= 0.3 is 0 Å². The van der Waals surface area contributed by atoms with E-state index in [4.69, 9.17) is 16.3 Å². The third-order valence-corrected chi connectivity index (χ3v) is 4.86. The molecule has 0 N–H and O–H groups in total. The Kier molecular flexibility index (Phi) is 5.37. The van der Waals surface area contributed by atoms with Crippen molar-refractivity contribution in [1.82, 2.24) is 14.8 Å². The number of hydrogen-bond donors (Lipinski definition) is 0. The van der Waals surface area contributed by atoms with Gasteiger partial charge in [0, 0.05) is 17.8 Å². The molecule has 0 aliphatic heterocycles. The second kappa shape index (κ2) is 7.68. The Morgan fingerprint density at radius 2 is 1.88 bits per heavy atom. The Labute approximate surface area is 148 Å². The molecule has 0 radical (unpaired) electrons. The molecule has 0 bridgehead atoms. The highest BCUT2D eigenvalue weighted by atomic mass is 35.5. The van der Waals surface area contributed by atoms with E-state index in [1.807, 2.05) is 35.9 Å². The van der Waals surface area contributed by atoms with Gasteiger partial charge in [-0.1, -0.05) is 41.6 Å². The van der Waals surface area contributed by atoms with Crippen LogP contribution in [0.1, 0.15) is 11.4 Å². The van der Waals surface area contributed by atoms with Gasteiger partial charge < -0.3 is 9.30 Å². The molecular formula is C17H15ClFN3OS. The highest BCUT2D eigenvalue weighted by molar-refractivity contribution is 7.98.